The van der Waals surface area contributed by atoms with Crippen molar-refractivity contribution in [2.24, 2.45) is 7.05 Å². The van der Waals surface area contributed by atoms with E-state index in [1.54, 1.807) is 22.9 Å². The fraction of sp³-hybridized carbons (Fsp3) is 0.357. The van der Waals surface area contributed by atoms with Gasteiger partial charge in [0, 0.05) is 47.5 Å². The molecule has 0 aliphatic carbocycles. The van der Waals surface area contributed by atoms with Crippen molar-refractivity contribution in [2.75, 3.05) is 6.54 Å². The molecule has 108 valence electrons. The number of nitrogens with zero attached hydrogens (tertiary/aromatic N) is 2. The Morgan fingerprint density at radius 3 is 2.80 bits per heavy atom. The monoisotopic (exact) mass is 313 g/mol. The molecule has 1 aromatic carbocycles. The van der Waals surface area contributed by atoms with Crippen molar-refractivity contribution >= 4 is 23.2 Å². The molecule has 4 nitrogen and oxygen atoms in total. The van der Waals surface area contributed by atoms with Crippen LogP contribution in [0.2, 0.25) is 10.0 Å². The van der Waals surface area contributed by atoms with Gasteiger partial charge >= 0.3 is 0 Å². The molecule has 1 heterocycles. The molecule has 2 N–H and O–H groups in total. The molecule has 0 spiro atoms. The highest BCUT2D eigenvalue weighted by atomic mass is 35.5. The second-order valence-corrected chi connectivity index (χ2v) is 5.57. The van der Waals surface area contributed by atoms with Gasteiger partial charge in [-0.3, -0.25) is 4.68 Å². The second kappa shape index (κ2) is 6.59. The number of halogens is 2. The third kappa shape index (κ3) is 3.73. The van der Waals surface area contributed by atoms with Crippen LogP contribution in [-0.4, -0.2) is 21.4 Å². The van der Waals surface area contributed by atoms with E-state index in [1.807, 2.05) is 20.2 Å². The van der Waals surface area contributed by atoms with Gasteiger partial charge in [0.25, 0.3) is 0 Å². The first-order valence-corrected chi connectivity index (χ1v) is 7.06. The summed E-state index contributed by atoms with van der Waals surface area (Å²) in [6.07, 6.45) is 1.26. The average Bonchev–Trinajstić information content (AvgIpc) is 2.71. The average molecular weight is 314 g/mol. The van der Waals surface area contributed by atoms with Crippen LogP contribution in [0.25, 0.3) is 0 Å². The Bertz CT molecular complexity index is 598. The molecule has 1 atom stereocenters. The minimum Gasteiger partial charge on any atom is -0.387 e. The predicted molar refractivity (Wildman–Crippen MR) is 81.1 cm³/mol. The van der Waals surface area contributed by atoms with Crippen molar-refractivity contribution in [3.05, 3.63) is 51.3 Å². The highest BCUT2D eigenvalue weighted by molar-refractivity contribution is 6.33. The molecule has 2 aromatic rings. The molecule has 1 aromatic heterocycles. The lowest BCUT2D eigenvalue weighted by Gasteiger charge is -2.14. The SMILES string of the molecule is Cc1nn(C)cc1CNCC(O)c1cc(Cl)ccc1Cl. The lowest BCUT2D eigenvalue weighted by Crippen LogP contribution is -2.21. The van der Waals surface area contributed by atoms with Crippen LogP contribution < -0.4 is 5.32 Å². The molecule has 0 aliphatic rings. The summed E-state index contributed by atoms with van der Waals surface area (Å²) in [6.45, 7) is 3.00. The number of hydrogen-bond donors (Lipinski definition) is 2. The first-order chi connectivity index (χ1) is 9.47. The highest BCUT2D eigenvalue weighted by Gasteiger charge is 2.12. The van der Waals surface area contributed by atoms with Gasteiger partial charge in [-0.1, -0.05) is 23.2 Å². The molecule has 6 heteroatoms. The van der Waals surface area contributed by atoms with Crippen molar-refractivity contribution in [1.82, 2.24) is 15.1 Å². The molecular weight excluding hydrogens is 297 g/mol. The molecule has 0 saturated heterocycles. The van der Waals surface area contributed by atoms with Crippen LogP contribution in [0.3, 0.4) is 0 Å². The molecule has 0 radical (unpaired) electrons. The van der Waals surface area contributed by atoms with E-state index >= 15 is 0 Å². The number of aliphatic hydroxyl groups excluding tert-OH is 1. The zero-order valence-electron chi connectivity index (χ0n) is 11.4. The summed E-state index contributed by atoms with van der Waals surface area (Å²) in [5, 5.41) is 18.7. The van der Waals surface area contributed by atoms with Gasteiger partial charge in [0.05, 0.1) is 11.8 Å². The molecular formula is C14H17Cl2N3O. The normalized spacial score (nSPS) is 12.7. The van der Waals surface area contributed by atoms with Crippen LogP contribution in [0.5, 0.6) is 0 Å². The summed E-state index contributed by atoms with van der Waals surface area (Å²) in [7, 11) is 1.89. The van der Waals surface area contributed by atoms with E-state index in [0.29, 0.717) is 28.7 Å². The van der Waals surface area contributed by atoms with Crippen molar-refractivity contribution in [3.8, 4) is 0 Å². The molecule has 0 saturated carbocycles. The Kier molecular flexibility index (Phi) is 5.05. The van der Waals surface area contributed by atoms with Crippen LogP contribution in [0.15, 0.2) is 24.4 Å². The summed E-state index contributed by atoms with van der Waals surface area (Å²) in [5.41, 5.74) is 2.72. The molecule has 0 fully saturated rings. The van der Waals surface area contributed by atoms with Crippen LogP contribution in [0.1, 0.15) is 22.9 Å². The molecule has 0 aliphatic heterocycles. The fourth-order valence-corrected chi connectivity index (χ4v) is 2.47. The third-order valence-electron chi connectivity index (χ3n) is 3.09. The first kappa shape index (κ1) is 15.3. The van der Waals surface area contributed by atoms with E-state index in [1.165, 1.54) is 0 Å². The maximum atomic E-state index is 10.2. The summed E-state index contributed by atoms with van der Waals surface area (Å²) in [5.74, 6) is 0. The van der Waals surface area contributed by atoms with Gasteiger partial charge in [0.2, 0.25) is 0 Å². The van der Waals surface area contributed by atoms with Crippen LogP contribution in [-0.2, 0) is 13.6 Å². The van der Waals surface area contributed by atoms with Gasteiger partial charge in [-0.25, -0.2) is 0 Å². The van der Waals surface area contributed by atoms with E-state index in [0.717, 1.165) is 11.3 Å². The highest BCUT2D eigenvalue weighted by Crippen LogP contribution is 2.26. The van der Waals surface area contributed by atoms with Crippen LogP contribution >= 0.6 is 23.2 Å². The van der Waals surface area contributed by atoms with Gasteiger partial charge in [0.1, 0.15) is 0 Å². The maximum absolute atomic E-state index is 10.2. The van der Waals surface area contributed by atoms with Crippen LogP contribution in [0, 0.1) is 6.92 Å². The number of benzene rings is 1. The lowest BCUT2D eigenvalue weighted by atomic mass is 10.1. The van der Waals surface area contributed by atoms with Crippen molar-refractivity contribution in [1.29, 1.82) is 0 Å². The van der Waals surface area contributed by atoms with Crippen molar-refractivity contribution in [2.45, 2.75) is 19.6 Å². The quantitative estimate of drug-likeness (QED) is 0.892. The van der Waals surface area contributed by atoms with E-state index in [9.17, 15) is 5.11 Å². The number of aliphatic hydroxyl groups is 1. The topological polar surface area (TPSA) is 50.1 Å². The summed E-state index contributed by atoms with van der Waals surface area (Å²) >= 11 is 12.0. The molecule has 0 bridgehead atoms. The zero-order chi connectivity index (χ0) is 14.7. The number of hydrogen-bond acceptors (Lipinski definition) is 3. The third-order valence-corrected chi connectivity index (χ3v) is 3.66. The molecule has 0 amide bonds. The maximum Gasteiger partial charge on any atom is 0.0929 e. The van der Waals surface area contributed by atoms with Gasteiger partial charge in [-0.05, 0) is 25.1 Å². The zero-order valence-corrected chi connectivity index (χ0v) is 12.9. The van der Waals surface area contributed by atoms with Gasteiger partial charge < -0.3 is 10.4 Å². The van der Waals surface area contributed by atoms with E-state index < -0.39 is 6.10 Å². The Morgan fingerprint density at radius 2 is 2.15 bits per heavy atom. The van der Waals surface area contributed by atoms with Crippen molar-refractivity contribution in [3.63, 3.8) is 0 Å². The van der Waals surface area contributed by atoms with E-state index in [4.69, 9.17) is 23.2 Å². The molecule has 1 unspecified atom stereocenters. The Balaban J connectivity index is 1.93. The number of nitrogens with one attached hydrogen (secondary N) is 1. The van der Waals surface area contributed by atoms with E-state index in [2.05, 4.69) is 10.4 Å². The minimum absolute atomic E-state index is 0.397. The lowest BCUT2D eigenvalue weighted by molar-refractivity contribution is 0.174. The number of rotatable bonds is 5. The predicted octanol–water partition coefficient (Wildman–Crippen LogP) is 2.86. The Morgan fingerprint density at radius 1 is 1.40 bits per heavy atom. The van der Waals surface area contributed by atoms with E-state index in [-0.39, 0.29) is 0 Å². The first-order valence-electron chi connectivity index (χ1n) is 6.30. The summed E-state index contributed by atoms with van der Waals surface area (Å²) in [4.78, 5) is 0. The number of aromatic nitrogens is 2. The van der Waals surface area contributed by atoms with Gasteiger partial charge in [-0.15, -0.1) is 0 Å². The van der Waals surface area contributed by atoms with Gasteiger partial charge in [0.15, 0.2) is 0 Å². The molecule has 2 rings (SSSR count). The Labute approximate surface area is 128 Å². The summed E-state index contributed by atoms with van der Waals surface area (Å²) in [6, 6.07) is 5.08. The number of aryl methyl sites for hydroxylation is 2. The van der Waals surface area contributed by atoms with Crippen LogP contribution in [0.4, 0.5) is 0 Å². The largest absolute Gasteiger partial charge is 0.387 e. The summed E-state index contributed by atoms with van der Waals surface area (Å²) < 4.78 is 1.77. The molecule has 20 heavy (non-hydrogen) atoms. The smallest absolute Gasteiger partial charge is 0.0929 e. The van der Waals surface area contributed by atoms with Gasteiger partial charge in [-0.2, -0.15) is 5.10 Å². The standard InChI is InChI=1S/C14H17Cl2N3O/c1-9-10(8-19(2)18-9)6-17-7-14(20)12-5-11(15)3-4-13(12)16/h3-5,8,14,17,20H,6-7H2,1-2H3. The second-order valence-electron chi connectivity index (χ2n) is 4.73. The Hall–Kier alpha value is -1.07. The fourth-order valence-electron chi connectivity index (χ4n) is 2.05. The minimum atomic E-state index is -0.696. The van der Waals surface area contributed by atoms with Crippen molar-refractivity contribution < 1.29 is 5.11 Å².